The van der Waals surface area contributed by atoms with Crippen molar-refractivity contribution in [2.45, 2.75) is 12.5 Å². The monoisotopic (exact) mass is 289 g/mol. The van der Waals surface area contributed by atoms with Gasteiger partial charge in [-0.1, -0.05) is 18.2 Å². The average molecular weight is 289 g/mol. The Balaban J connectivity index is 2.21. The van der Waals surface area contributed by atoms with Gasteiger partial charge in [0.25, 0.3) is 5.91 Å². The van der Waals surface area contributed by atoms with E-state index in [0.717, 1.165) is 5.69 Å². The molecule has 7 heteroatoms. The predicted molar refractivity (Wildman–Crippen MR) is 74.2 cm³/mol. The van der Waals surface area contributed by atoms with Crippen LogP contribution in [0.1, 0.15) is 16.9 Å². The zero-order chi connectivity index (χ0) is 15.2. The molecule has 0 unspecified atom stereocenters. The van der Waals surface area contributed by atoms with Crippen LogP contribution in [0.25, 0.3) is 5.69 Å². The third-order valence-corrected chi connectivity index (χ3v) is 2.93. The summed E-state index contributed by atoms with van der Waals surface area (Å²) >= 11 is 0. The van der Waals surface area contributed by atoms with Crippen LogP contribution in [0.15, 0.2) is 42.9 Å². The van der Waals surface area contributed by atoms with Crippen LogP contribution in [-0.2, 0) is 4.79 Å². The number of hydrogen-bond acceptors (Lipinski definition) is 4. The molecule has 2 rings (SSSR count). The van der Waals surface area contributed by atoms with E-state index in [2.05, 4.69) is 10.3 Å². The number of carbonyl (C=O) groups is 2. The maximum Gasteiger partial charge on any atom is 0.326 e. The maximum absolute atomic E-state index is 12.2. The summed E-state index contributed by atoms with van der Waals surface area (Å²) in [6, 6.07) is 7.97. The summed E-state index contributed by atoms with van der Waals surface area (Å²) in [7, 11) is 0. The van der Waals surface area contributed by atoms with Crippen LogP contribution < -0.4 is 5.32 Å². The highest BCUT2D eigenvalue weighted by molar-refractivity contribution is 5.95. The fourth-order valence-corrected chi connectivity index (χ4v) is 1.88. The average Bonchev–Trinajstić information content (AvgIpc) is 2.97. The van der Waals surface area contributed by atoms with Crippen molar-refractivity contribution >= 4 is 11.9 Å². The van der Waals surface area contributed by atoms with Crippen molar-refractivity contribution in [1.29, 1.82) is 0 Å². The van der Waals surface area contributed by atoms with Crippen LogP contribution in [0.2, 0.25) is 0 Å². The van der Waals surface area contributed by atoms with Gasteiger partial charge in [-0.15, -0.1) is 0 Å². The SMILES string of the molecule is O=C(N[C@@H](CCO)C(=O)O)c1cncn1-c1ccccc1. The molecule has 0 spiro atoms. The number of hydrogen-bond donors (Lipinski definition) is 3. The molecule has 0 aliphatic rings. The minimum atomic E-state index is -1.19. The summed E-state index contributed by atoms with van der Waals surface area (Å²) in [6.45, 7) is -0.324. The number of aromatic nitrogens is 2. The molecule has 1 aromatic heterocycles. The smallest absolute Gasteiger partial charge is 0.326 e. The minimum absolute atomic E-state index is 0.0550. The summed E-state index contributed by atoms with van der Waals surface area (Å²) < 4.78 is 1.56. The lowest BCUT2D eigenvalue weighted by atomic mass is 10.2. The molecule has 0 saturated heterocycles. The van der Waals surface area contributed by atoms with Gasteiger partial charge in [-0.2, -0.15) is 0 Å². The lowest BCUT2D eigenvalue weighted by Gasteiger charge is -2.14. The van der Waals surface area contributed by atoms with Crippen LogP contribution in [0.4, 0.5) is 0 Å². The van der Waals surface area contributed by atoms with Gasteiger partial charge in [-0.3, -0.25) is 9.36 Å². The number of para-hydroxylation sites is 1. The highest BCUT2D eigenvalue weighted by atomic mass is 16.4. The van der Waals surface area contributed by atoms with Crippen molar-refractivity contribution in [3.8, 4) is 5.69 Å². The second kappa shape index (κ2) is 6.67. The Bertz CT molecular complexity index is 624. The second-order valence-electron chi connectivity index (χ2n) is 4.36. The Kier molecular flexibility index (Phi) is 4.68. The molecule has 21 heavy (non-hydrogen) atoms. The maximum atomic E-state index is 12.2. The lowest BCUT2D eigenvalue weighted by molar-refractivity contribution is -0.139. The van der Waals surface area contributed by atoms with E-state index < -0.39 is 17.9 Å². The zero-order valence-electron chi connectivity index (χ0n) is 11.1. The largest absolute Gasteiger partial charge is 0.480 e. The number of nitrogens with zero attached hydrogens (tertiary/aromatic N) is 2. The Labute approximate surface area is 120 Å². The first-order valence-electron chi connectivity index (χ1n) is 6.35. The number of carboxylic acid groups (broad SMARTS) is 1. The first-order chi connectivity index (χ1) is 10.1. The first-order valence-corrected chi connectivity index (χ1v) is 6.35. The third kappa shape index (κ3) is 3.46. The molecule has 1 aromatic carbocycles. The highest BCUT2D eigenvalue weighted by Gasteiger charge is 2.22. The summed E-state index contributed by atoms with van der Waals surface area (Å²) in [4.78, 5) is 27.1. The highest BCUT2D eigenvalue weighted by Crippen LogP contribution is 2.11. The summed E-state index contributed by atoms with van der Waals surface area (Å²) in [5, 5.41) is 20.2. The Morgan fingerprint density at radius 2 is 2.00 bits per heavy atom. The number of amides is 1. The van der Waals surface area contributed by atoms with Gasteiger partial charge in [0.1, 0.15) is 11.7 Å². The molecular formula is C14H15N3O4. The van der Waals surface area contributed by atoms with Gasteiger partial charge >= 0.3 is 5.97 Å². The molecular weight excluding hydrogens is 274 g/mol. The third-order valence-electron chi connectivity index (χ3n) is 2.93. The van der Waals surface area contributed by atoms with Crippen LogP contribution in [0.5, 0.6) is 0 Å². The fourth-order valence-electron chi connectivity index (χ4n) is 1.88. The molecule has 0 aliphatic carbocycles. The van der Waals surface area contributed by atoms with E-state index >= 15 is 0 Å². The second-order valence-corrected chi connectivity index (χ2v) is 4.36. The van der Waals surface area contributed by atoms with Gasteiger partial charge in [0, 0.05) is 18.7 Å². The number of aliphatic hydroxyl groups is 1. The van der Waals surface area contributed by atoms with Crippen molar-refractivity contribution in [1.82, 2.24) is 14.9 Å². The first kappa shape index (κ1) is 14.7. The van der Waals surface area contributed by atoms with E-state index in [4.69, 9.17) is 10.2 Å². The number of carboxylic acids is 1. The standard InChI is InChI=1S/C14H15N3O4/c18-7-6-11(14(20)21)16-13(19)12-8-15-9-17(12)10-4-2-1-3-5-10/h1-5,8-9,11,18H,6-7H2,(H,16,19)(H,20,21)/t11-/m0/s1. The van der Waals surface area contributed by atoms with E-state index in [9.17, 15) is 9.59 Å². The molecule has 1 atom stereocenters. The quantitative estimate of drug-likeness (QED) is 0.715. The summed E-state index contributed by atoms with van der Waals surface area (Å²) in [5.74, 6) is -1.75. The fraction of sp³-hybridized carbons (Fsp3) is 0.214. The molecule has 0 aliphatic heterocycles. The number of imidazole rings is 1. The zero-order valence-corrected chi connectivity index (χ0v) is 11.1. The minimum Gasteiger partial charge on any atom is -0.480 e. The Morgan fingerprint density at radius 3 is 2.62 bits per heavy atom. The van der Waals surface area contributed by atoms with Crippen molar-refractivity contribution in [2.24, 2.45) is 0 Å². The molecule has 0 radical (unpaired) electrons. The lowest BCUT2D eigenvalue weighted by Crippen LogP contribution is -2.42. The van der Waals surface area contributed by atoms with E-state index in [-0.39, 0.29) is 18.7 Å². The molecule has 2 aromatic rings. The van der Waals surface area contributed by atoms with Crippen LogP contribution in [-0.4, -0.2) is 44.3 Å². The van der Waals surface area contributed by atoms with Gasteiger partial charge in [0.2, 0.25) is 0 Å². The summed E-state index contributed by atoms with van der Waals surface area (Å²) in [5.41, 5.74) is 0.972. The van der Waals surface area contributed by atoms with Gasteiger partial charge in [-0.05, 0) is 12.1 Å². The molecule has 0 bridgehead atoms. The number of carbonyl (C=O) groups excluding carboxylic acids is 1. The number of aliphatic hydroxyl groups excluding tert-OH is 1. The Morgan fingerprint density at radius 1 is 1.29 bits per heavy atom. The molecule has 7 nitrogen and oxygen atoms in total. The van der Waals surface area contributed by atoms with Crippen molar-refractivity contribution in [3.05, 3.63) is 48.5 Å². The van der Waals surface area contributed by atoms with Crippen LogP contribution in [0.3, 0.4) is 0 Å². The normalized spacial score (nSPS) is 11.9. The summed E-state index contributed by atoms with van der Waals surface area (Å²) in [6.07, 6.45) is 2.78. The number of nitrogens with one attached hydrogen (secondary N) is 1. The van der Waals surface area contributed by atoms with Gasteiger partial charge in [-0.25, -0.2) is 9.78 Å². The molecule has 1 heterocycles. The van der Waals surface area contributed by atoms with E-state index in [0.29, 0.717) is 0 Å². The number of rotatable bonds is 6. The van der Waals surface area contributed by atoms with E-state index in [1.54, 1.807) is 16.7 Å². The van der Waals surface area contributed by atoms with E-state index in [1.165, 1.54) is 12.5 Å². The van der Waals surface area contributed by atoms with Crippen LogP contribution in [0, 0.1) is 0 Å². The predicted octanol–water partition coefficient (Wildman–Crippen LogP) is 0.438. The molecule has 110 valence electrons. The molecule has 1 amide bonds. The number of benzene rings is 1. The van der Waals surface area contributed by atoms with Crippen molar-refractivity contribution < 1.29 is 19.8 Å². The van der Waals surface area contributed by atoms with Gasteiger partial charge in [0.05, 0.1) is 12.5 Å². The van der Waals surface area contributed by atoms with Crippen LogP contribution >= 0.6 is 0 Å². The Hall–Kier alpha value is -2.67. The van der Waals surface area contributed by atoms with Gasteiger partial charge < -0.3 is 15.5 Å². The molecule has 0 fully saturated rings. The van der Waals surface area contributed by atoms with E-state index in [1.807, 2.05) is 18.2 Å². The topological polar surface area (TPSA) is 104 Å². The molecule has 3 N–H and O–H groups in total. The van der Waals surface area contributed by atoms with Gasteiger partial charge in [0.15, 0.2) is 0 Å². The van der Waals surface area contributed by atoms with Crippen molar-refractivity contribution in [3.63, 3.8) is 0 Å². The molecule has 0 saturated carbocycles. The van der Waals surface area contributed by atoms with Crippen molar-refractivity contribution in [2.75, 3.05) is 6.61 Å². The number of aliphatic carboxylic acids is 1.